The number of carbonyl (C=O) groups excluding carboxylic acids is 1. The molecule has 6 heteroatoms. The van der Waals surface area contributed by atoms with E-state index in [0.29, 0.717) is 11.3 Å². The fourth-order valence-electron chi connectivity index (χ4n) is 2.88. The molecule has 0 atom stereocenters. The molecule has 0 bridgehead atoms. The van der Waals surface area contributed by atoms with Gasteiger partial charge in [0, 0.05) is 24.2 Å². The third-order valence-corrected chi connectivity index (χ3v) is 4.35. The summed E-state index contributed by atoms with van der Waals surface area (Å²) in [7, 11) is -0.624. The van der Waals surface area contributed by atoms with E-state index in [4.69, 9.17) is 8.85 Å². The molecule has 1 aromatic carbocycles. The predicted molar refractivity (Wildman–Crippen MR) is 103 cm³/mol. The van der Waals surface area contributed by atoms with Crippen molar-refractivity contribution in [1.82, 2.24) is 19.5 Å². The van der Waals surface area contributed by atoms with Crippen LogP contribution in [0.25, 0.3) is 22.3 Å². The summed E-state index contributed by atoms with van der Waals surface area (Å²) in [6.45, 7) is 0. The molecule has 0 aliphatic rings. The normalized spacial score (nSPS) is 13.0. The summed E-state index contributed by atoms with van der Waals surface area (Å²) >= 11 is 0. The molecule has 0 amide bonds. The molecule has 134 valence electrons. The molecule has 3 aromatic heterocycles. The van der Waals surface area contributed by atoms with Crippen molar-refractivity contribution in [2.24, 2.45) is 7.05 Å². The Morgan fingerprint density at radius 2 is 2.04 bits per heavy atom. The number of Topliss-reactive ketones (excluding diaryl/α,β-unsaturated/α-hetero) is 1. The number of imidazole rings is 1. The standard InChI is InChI=1S/C21H18N4O2/c1-25-13-22-12-20(25)18-8-5-15-11-23-16(9-19(15)24-18)10-21(26)14-3-6-17(27-2)7-4-14/h3-9,11-13H,10H2,1-2H3/i2D3. The highest BCUT2D eigenvalue weighted by Gasteiger charge is 2.11. The highest BCUT2D eigenvalue weighted by Crippen LogP contribution is 2.21. The molecule has 0 fully saturated rings. The van der Waals surface area contributed by atoms with Crippen LogP contribution in [0, 0.1) is 0 Å². The summed E-state index contributed by atoms with van der Waals surface area (Å²) < 4.78 is 28.1. The van der Waals surface area contributed by atoms with E-state index < -0.39 is 7.04 Å². The van der Waals surface area contributed by atoms with Crippen molar-refractivity contribution in [3.05, 3.63) is 72.4 Å². The molecule has 0 radical (unpaired) electrons. The van der Waals surface area contributed by atoms with Crippen LogP contribution in [-0.2, 0) is 13.5 Å². The minimum Gasteiger partial charge on any atom is -0.497 e. The lowest BCUT2D eigenvalue weighted by molar-refractivity contribution is 0.0992. The van der Waals surface area contributed by atoms with E-state index in [1.54, 1.807) is 36.9 Å². The first-order valence-electron chi connectivity index (χ1n) is 9.83. The Bertz CT molecular complexity index is 1220. The van der Waals surface area contributed by atoms with Crippen LogP contribution in [0.3, 0.4) is 0 Å². The van der Waals surface area contributed by atoms with Crippen LogP contribution in [0.1, 0.15) is 20.2 Å². The zero-order valence-corrected chi connectivity index (χ0v) is 14.6. The Morgan fingerprint density at radius 1 is 1.19 bits per heavy atom. The molecule has 0 saturated carbocycles. The van der Waals surface area contributed by atoms with Gasteiger partial charge in [0.05, 0.1) is 52.7 Å². The van der Waals surface area contributed by atoms with Crippen LogP contribution in [0.2, 0.25) is 0 Å². The van der Waals surface area contributed by atoms with E-state index in [1.807, 2.05) is 23.7 Å². The number of benzene rings is 1. The number of carbonyl (C=O) groups is 1. The lowest BCUT2D eigenvalue weighted by Gasteiger charge is -2.06. The summed E-state index contributed by atoms with van der Waals surface area (Å²) in [5.74, 6) is 0.0485. The van der Waals surface area contributed by atoms with Gasteiger partial charge >= 0.3 is 0 Å². The summed E-state index contributed by atoms with van der Waals surface area (Å²) in [6, 6.07) is 11.7. The number of ether oxygens (including phenoxy) is 1. The Hall–Kier alpha value is -3.54. The number of aromatic nitrogens is 4. The molecule has 0 aliphatic carbocycles. The van der Waals surface area contributed by atoms with E-state index in [0.717, 1.165) is 22.3 Å². The number of hydrogen-bond donors (Lipinski definition) is 0. The van der Waals surface area contributed by atoms with Crippen molar-refractivity contribution in [1.29, 1.82) is 0 Å². The summed E-state index contributed by atoms with van der Waals surface area (Å²) in [6.07, 6.45) is 5.27. The zero-order valence-electron chi connectivity index (χ0n) is 17.6. The fraction of sp³-hybridized carbons (Fsp3) is 0.143. The quantitative estimate of drug-likeness (QED) is 0.509. The third-order valence-electron chi connectivity index (χ3n) is 4.35. The Morgan fingerprint density at radius 3 is 2.78 bits per heavy atom. The summed E-state index contributed by atoms with van der Waals surface area (Å²) in [5, 5.41) is 0.878. The molecule has 0 saturated heterocycles. The van der Waals surface area contributed by atoms with E-state index in [2.05, 4.69) is 15.0 Å². The maximum Gasteiger partial charge on any atom is 0.168 e. The molecular formula is C21H18N4O2. The van der Waals surface area contributed by atoms with Gasteiger partial charge in [-0.05, 0) is 42.5 Å². The Kier molecular flexibility index (Phi) is 3.53. The number of aryl methyl sites for hydroxylation is 1. The molecule has 3 heterocycles. The highest BCUT2D eigenvalue weighted by atomic mass is 16.5. The van der Waals surface area contributed by atoms with Gasteiger partial charge in [-0.3, -0.25) is 9.78 Å². The first-order valence-corrected chi connectivity index (χ1v) is 8.33. The van der Waals surface area contributed by atoms with Gasteiger partial charge in [-0.1, -0.05) is 0 Å². The van der Waals surface area contributed by atoms with Crippen LogP contribution >= 0.6 is 0 Å². The van der Waals surface area contributed by atoms with Gasteiger partial charge in [-0.15, -0.1) is 0 Å². The second-order valence-electron chi connectivity index (χ2n) is 6.18. The minimum atomic E-state index is -2.53. The topological polar surface area (TPSA) is 69.9 Å². The van der Waals surface area contributed by atoms with Crippen LogP contribution in [0.4, 0.5) is 0 Å². The Balaban J connectivity index is 1.54. The van der Waals surface area contributed by atoms with Crippen LogP contribution in [0.5, 0.6) is 5.75 Å². The number of rotatable bonds is 5. The largest absolute Gasteiger partial charge is 0.497 e. The maximum atomic E-state index is 12.6. The number of hydrogen-bond acceptors (Lipinski definition) is 5. The molecule has 0 spiro atoms. The molecular weight excluding hydrogens is 340 g/mol. The maximum absolute atomic E-state index is 12.6. The van der Waals surface area contributed by atoms with Crippen molar-refractivity contribution in [2.75, 3.05) is 7.04 Å². The fourth-order valence-corrected chi connectivity index (χ4v) is 2.88. The first kappa shape index (κ1) is 13.6. The van der Waals surface area contributed by atoms with Gasteiger partial charge in [0.1, 0.15) is 5.75 Å². The van der Waals surface area contributed by atoms with Gasteiger partial charge in [0.15, 0.2) is 5.78 Å². The van der Waals surface area contributed by atoms with Gasteiger partial charge in [-0.25, -0.2) is 9.97 Å². The highest BCUT2D eigenvalue weighted by molar-refractivity contribution is 5.97. The van der Waals surface area contributed by atoms with E-state index in [9.17, 15) is 4.79 Å². The molecule has 4 rings (SSSR count). The Labute approximate surface area is 160 Å². The molecule has 4 aromatic rings. The van der Waals surface area contributed by atoms with Gasteiger partial charge in [0.2, 0.25) is 0 Å². The SMILES string of the molecule is [2H]C([2H])([2H])Oc1ccc(C(=O)Cc2cc3nc(-c4cncn4C)ccc3cn2)cc1. The molecule has 27 heavy (non-hydrogen) atoms. The second-order valence-corrected chi connectivity index (χ2v) is 6.18. The summed E-state index contributed by atoms with van der Waals surface area (Å²) in [5.41, 5.74) is 3.48. The number of methoxy groups -OCH3 is 1. The average Bonchev–Trinajstić information content (AvgIpc) is 3.12. The predicted octanol–water partition coefficient (Wildman–Crippen LogP) is 3.46. The number of fused-ring (bicyclic) bond motifs is 1. The number of nitrogens with zero attached hydrogens (tertiary/aromatic N) is 4. The van der Waals surface area contributed by atoms with E-state index >= 15 is 0 Å². The molecule has 0 unspecified atom stereocenters. The van der Waals surface area contributed by atoms with Crippen molar-refractivity contribution >= 4 is 16.7 Å². The minimum absolute atomic E-state index is 0.104. The van der Waals surface area contributed by atoms with E-state index in [-0.39, 0.29) is 18.0 Å². The molecule has 6 nitrogen and oxygen atoms in total. The first-order chi connectivity index (χ1) is 14.3. The molecule has 0 aliphatic heterocycles. The number of pyridine rings is 2. The smallest absolute Gasteiger partial charge is 0.168 e. The zero-order chi connectivity index (χ0) is 21.3. The lowest BCUT2D eigenvalue weighted by Crippen LogP contribution is -2.05. The second kappa shape index (κ2) is 6.99. The van der Waals surface area contributed by atoms with Gasteiger partial charge in [-0.2, -0.15) is 0 Å². The van der Waals surface area contributed by atoms with Gasteiger partial charge in [0.25, 0.3) is 0 Å². The van der Waals surface area contributed by atoms with Crippen molar-refractivity contribution in [3.8, 4) is 17.1 Å². The van der Waals surface area contributed by atoms with Crippen molar-refractivity contribution in [2.45, 2.75) is 6.42 Å². The van der Waals surface area contributed by atoms with Crippen LogP contribution in [-0.4, -0.2) is 32.3 Å². The van der Waals surface area contributed by atoms with Crippen molar-refractivity contribution in [3.63, 3.8) is 0 Å². The average molecular weight is 361 g/mol. The van der Waals surface area contributed by atoms with E-state index in [1.165, 1.54) is 12.1 Å². The van der Waals surface area contributed by atoms with Crippen molar-refractivity contribution < 1.29 is 13.6 Å². The van der Waals surface area contributed by atoms with Crippen LogP contribution in [0.15, 0.2) is 61.2 Å². The van der Waals surface area contributed by atoms with Gasteiger partial charge < -0.3 is 9.30 Å². The monoisotopic (exact) mass is 361 g/mol. The molecule has 0 N–H and O–H groups in total. The number of ketones is 1. The third kappa shape index (κ3) is 3.42. The van der Waals surface area contributed by atoms with Crippen LogP contribution < -0.4 is 4.74 Å². The lowest BCUT2D eigenvalue weighted by atomic mass is 10.1. The summed E-state index contributed by atoms with van der Waals surface area (Å²) in [4.78, 5) is 25.8.